The fourth-order valence-corrected chi connectivity index (χ4v) is 3.26. The standard InChI is InChI=1S/C20H16Cl3NO3/c1-12-8-15(22)9-17(23)20(12)26-11-19(25)24-10-16-6-7-18(27-16)13-2-4-14(21)5-3-13/h2-9H,10-11H2,1H3,(H,24,25). The van der Waals surface area contributed by atoms with Gasteiger partial charge in [0.05, 0.1) is 11.6 Å². The molecule has 2 aromatic carbocycles. The van der Waals surface area contributed by atoms with E-state index in [4.69, 9.17) is 44.0 Å². The van der Waals surface area contributed by atoms with E-state index in [9.17, 15) is 4.79 Å². The van der Waals surface area contributed by atoms with Crippen LogP contribution in [0.4, 0.5) is 0 Å². The minimum atomic E-state index is -0.287. The fourth-order valence-electron chi connectivity index (χ4n) is 2.49. The summed E-state index contributed by atoms with van der Waals surface area (Å²) in [5.74, 6) is 1.49. The van der Waals surface area contributed by atoms with Gasteiger partial charge in [0.2, 0.25) is 0 Å². The Hall–Kier alpha value is -2.14. The van der Waals surface area contributed by atoms with Crippen molar-refractivity contribution >= 4 is 40.7 Å². The van der Waals surface area contributed by atoms with E-state index in [1.54, 1.807) is 24.3 Å². The van der Waals surface area contributed by atoms with Crippen LogP contribution < -0.4 is 10.1 Å². The fraction of sp³-hybridized carbons (Fsp3) is 0.150. The predicted molar refractivity (Wildman–Crippen MR) is 108 cm³/mol. The van der Waals surface area contributed by atoms with E-state index in [2.05, 4.69) is 5.32 Å². The summed E-state index contributed by atoms with van der Waals surface area (Å²) in [5, 5.41) is 4.29. The van der Waals surface area contributed by atoms with Gasteiger partial charge in [-0.05, 0) is 61.0 Å². The molecule has 3 rings (SSSR count). The van der Waals surface area contributed by atoms with Crippen LogP contribution >= 0.6 is 34.8 Å². The van der Waals surface area contributed by atoms with E-state index in [1.807, 2.05) is 31.2 Å². The molecular weight excluding hydrogens is 409 g/mol. The lowest BCUT2D eigenvalue weighted by Gasteiger charge is -2.11. The van der Waals surface area contributed by atoms with E-state index in [0.29, 0.717) is 32.3 Å². The highest BCUT2D eigenvalue weighted by Crippen LogP contribution is 2.31. The van der Waals surface area contributed by atoms with Crippen LogP contribution in [0.2, 0.25) is 15.1 Å². The summed E-state index contributed by atoms with van der Waals surface area (Å²) in [6.45, 7) is 1.90. The van der Waals surface area contributed by atoms with Gasteiger partial charge in [-0.2, -0.15) is 0 Å². The van der Waals surface area contributed by atoms with E-state index < -0.39 is 0 Å². The number of nitrogens with one attached hydrogen (secondary N) is 1. The van der Waals surface area contributed by atoms with Crippen LogP contribution in [0.1, 0.15) is 11.3 Å². The summed E-state index contributed by atoms with van der Waals surface area (Å²) in [4.78, 5) is 12.0. The van der Waals surface area contributed by atoms with Crippen molar-refractivity contribution in [2.75, 3.05) is 6.61 Å². The second-order valence-corrected chi connectivity index (χ2v) is 7.15. The quantitative estimate of drug-likeness (QED) is 0.535. The highest BCUT2D eigenvalue weighted by Gasteiger charge is 2.11. The van der Waals surface area contributed by atoms with Crippen molar-refractivity contribution in [1.29, 1.82) is 0 Å². The van der Waals surface area contributed by atoms with Crippen molar-refractivity contribution in [3.8, 4) is 17.1 Å². The van der Waals surface area contributed by atoms with Gasteiger partial charge >= 0.3 is 0 Å². The number of aryl methyl sites for hydroxylation is 1. The summed E-state index contributed by atoms with van der Waals surface area (Å²) in [6.07, 6.45) is 0. The van der Waals surface area contributed by atoms with Crippen LogP contribution in [0, 0.1) is 6.92 Å². The Bertz CT molecular complexity index is 928. The maximum atomic E-state index is 12.0. The highest BCUT2D eigenvalue weighted by molar-refractivity contribution is 6.35. The van der Waals surface area contributed by atoms with Gasteiger partial charge in [0.15, 0.2) is 6.61 Å². The van der Waals surface area contributed by atoms with Crippen LogP contribution in [0.5, 0.6) is 5.75 Å². The van der Waals surface area contributed by atoms with Crippen LogP contribution in [-0.4, -0.2) is 12.5 Å². The summed E-state index contributed by atoms with van der Waals surface area (Å²) >= 11 is 17.9. The first kappa shape index (κ1) is 19.6. The first-order chi connectivity index (χ1) is 12.9. The molecule has 7 heteroatoms. The molecule has 1 aromatic heterocycles. The summed E-state index contributed by atoms with van der Waals surface area (Å²) in [5.41, 5.74) is 1.67. The number of rotatable bonds is 6. The van der Waals surface area contributed by atoms with Gasteiger partial charge in [-0.1, -0.05) is 34.8 Å². The summed E-state index contributed by atoms with van der Waals surface area (Å²) in [6, 6.07) is 14.3. The molecule has 140 valence electrons. The molecule has 0 radical (unpaired) electrons. The molecule has 1 N–H and O–H groups in total. The number of ether oxygens (including phenoxy) is 1. The van der Waals surface area contributed by atoms with Crippen molar-refractivity contribution in [3.05, 3.63) is 74.9 Å². The monoisotopic (exact) mass is 423 g/mol. The number of furan rings is 1. The smallest absolute Gasteiger partial charge is 0.258 e. The normalized spacial score (nSPS) is 10.7. The van der Waals surface area contributed by atoms with Crippen LogP contribution in [0.3, 0.4) is 0 Å². The SMILES string of the molecule is Cc1cc(Cl)cc(Cl)c1OCC(=O)NCc1ccc(-c2ccc(Cl)cc2)o1. The number of carbonyl (C=O) groups excluding carboxylic acids is 1. The molecule has 0 saturated heterocycles. The Kier molecular flexibility index (Phi) is 6.32. The molecule has 1 heterocycles. The van der Waals surface area contributed by atoms with Crippen molar-refractivity contribution < 1.29 is 13.9 Å². The maximum absolute atomic E-state index is 12.0. The van der Waals surface area contributed by atoms with Crippen LogP contribution in [0.15, 0.2) is 52.9 Å². The Morgan fingerprint density at radius 3 is 2.48 bits per heavy atom. The average Bonchev–Trinajstić information content (AvgIpc) is 3.08. The minimum absolute atomic E-state index is 0.160. The first-order valence-electron chi connectivity index (χ1n) is 8.12. The van der Waals surface area contributed by atoms with Gasteiger partial charge in [0, 0.05) is 15.6 Å². The third-order valence-electron chi connectivity index (χ3n) is 3.79. The number of hydrogen-bond donors (Lipinski definition) is 1. The summed E-state index contributed by atoms with van der Waals surface area (Å²) in [7, 11) is 0. The molecular formula is C20H16Cl3NO3. The van der Waals surface area contributed by atoms with Gasteiger partial charge in [-0.3, -0.25) is 4.79 Å². The predicted octanol–water partition coefficient (Wildman–Crippen LogP) is 5.91. The first-order valence-corrected chi connectivity index (χ1v) is 9.25. The third-order valence-corrected chi connectivity index (χ3v) is 4.54. The van der Waals surface area contributed by atoms with E-state index in [1.165, 1.54) is 0 Å². The van der Waals surface area contributed by atoms with Crippen molar-refractivity contribution in [1.82, 2.24) is 5.32 Å². The lowest BCUT2D eigenvalue weighted by atomic mass is 10.2. The van der Waals surface area contributed by atoms with E-state index in [0.717, 1.165) is 11.1 Å². The topological polar surface area (TPSA) is 51.5 Å². The van der Waals surface area contributed by atoms with E-state index >= 15 is 0 Å². The van der Waals surface area contributed by atoms with E-state index in [-0.39, 0.29) is 19.1 Å². The Balaban J connectivity index is 1.53. The number of carbonyl (C=O) groups is 1. The van der Waals surface area contributed by atoms with Gasteiger partial charge in [0.1, 0.15) is 17.3 Å². The molecule has 0 aliphatic heterocycles. The number of hydrogen-bond acceptors (Lipinski definition) is 3. The Labute approximate surface area is 172 Å². The molecule has 0 unspecified atom stereocenters. The third kappa shape index (κ3) is 5.19. The second kappa shape index (κ2) is 8.70. The molecule has 0 aliphatic rings. The van der Waals surface area contributed by atoms with Crippen molar-refractivity contribution in [3.63, 3.8) is 0 Å². The average molecular weight is 425 g/mol. The Morgan fingerprint density at radius 1 is 1.04 bits per heavy atom. The summed E-state index contributed by atoms with van der Waals surface area (Å²) < 4.78 is 11.3. The van der Waals surface area contributed by atoms with Crippen molar-refractivity contribution in [2.45, 2.75) is 13.5 Å². The molecule has 0 bridgehead atoms. The molecule has 0 fully saturated rings. The zero-order valence-electron chi connectivity index (χ0n) is 14.4. The number of halogens is 3. The van der Waals surface area contributed by atoms with Gasteiger partial charge in [-0.15, -0.1) is 0 Å². The highest BCUT2D eigenvalue weighted by atomic mass is 35.5. The number of benzene rings is 2. The minimum Gasteiger partial charge on any atom is -0.482 e. The van der Waals surface area contributed by atoms with Crippen LogP contribution in [-0.2, 0) is 11.3 Å². The molecule has 0 spiro atoms. The molecule has 0 aliphatic carbocycles. The molecule has 1 amide bonds. The Morgan fingerprint density at radius 2 is 1.78 bits per heavy atom. The molecule has 27 heavy (non-hydrogen) atoms. The lowest BCUT2D eigenvalue weighted by molar-refractivity contribution is -0.123. The van der Waals surface area contributed by atoms with Crippen LogP contribution in [0.25, 0.3) is 11.3 Å². The van der Waals surface area contributed by atoms with Crippen molar-refractivity contribution in [2.24, 2.45) is 0 Å². The maximum Gasteiger partial charge on any atom is 0.258 e. The van der Waals surface area contributed by atoms with Gasteiger partial charge in [0.25, 0.3) is 5.91 Å². The van der Waals surface area contributed by atoms with Gasteiger partial charge in [-0.25, -0.2) is 0 Å². The largest absolute Gasteiger partial charge is 0.482 e. The van der Waals surface area contributed by atoms with Gasteiger partial charge < -0.3 is 14.5 Å². The molecule has 3 aromatic rings. The molecule has 0 atom stereocenters. The molecule has 0 saturated carbocycles. The zero-order valence-corrected chi connectivity index (χ0v) is 16.7. The lowest BCUT2D eigenvalue weighted by Crippen LogP contribution is -2.28. The second-order valence-electron chi connectivity index (χ2n) is 5.87. The zero-order chi connectivity index (χ0) is 19.4. The molecule has 4 nitrogen and oxygen atoms in total. The number of amides is 1.